The number of rotatable bonds is 67. The van der Waals surface area contributed by atoms with Crippen molar-refractivity contribution in [2.24, 2.45) is 0 Å². The zero-order chi connectivity index (χ0) is 63.3. The van der Waals surface area contributed by atoms with E-state index >= 15 is 0 Å². The molecule has 0 aliphatic rings. The van der Waals surface area contributed by atoms with Crippen LogP contribution in [0.15, 0.2) is 97.2 Å². The molecule has 0 fully saturated rings. The predicted molar refractivity (Wildman–Crippen MR) is 371 cm³/mol. The Hall–Kier alpha value is -3.79. The normalized spacial score (nSPS) is 13.3. The van der Waals surface area contributed by atoms with Crippen molar-refractivity contribution in [3.8, 4) is 0 Å². The maximum absolute atomic E-state index is 12.9. The minimum atomic E-state index is -1.62. The van der Waals surface area contributed by atoms with E-state index in [1.54, 1.807) is 0 Å². The number of carbonyl (C=O) groups excluding carboxylic acids is 3. The highest BCUT2D eigenvalue weighted by molar-refractivity contribution is 5.70. The van der Waals surface area contributed by atoms with E-state index in [-0.39, 0.29) is 32.2 Å². The molecule has 0 saturated carbocycles. The van der Waals surface area contributed by atoms with E-state index < -0.39 is 24.3 Å². The number of hydrogen-bond acceptors (Lipinski definition) is 8. The second kappa shape index (κ2) is 68.1. The molecule has 0 amide bonds. The Balaban J connectivity index is 4.07. The molecule has 0 heterocycles. The summed E-state index contributed by atoms with van der Waals surface area (Å²) in [7, 11) is 5.94. The van der Waals surface area contributed by atoms with Crippen molar-refractivity contribution in [1.82, 2.24) is 0 Å². The number of unbranched alkanes of at least 4 members (excludes halogenated alkanes) is 36. The van der Waals surface area contributed by atoms with Crippen LogP contribution in [0, 0.1) is 0 Å². The molecule has 2 atom stereocenters. The van der Waals surface area contributed by atoms with Crippen LogP contribution in [0.3, 0.4) is 0 Å². The van der Waals surface area contributed by atoms with E-state index in [0.717, 1.165) is 89.9 Å². The van der Waals surface area contributed by atoms with E-state index in [9.17, 15) is 19.5 Å². The Labute approximate surface area is 537 Å². The molecule has 0 rings (SSSR count). The lowest BCUT2D eigenvalue weighted by Gasteiger charge is -2.26. The van der Waals surface area contributed by atoms with E-state index in [2.05, 4.69) is 111 Å². The molecule has 9 nitrogen and oxygen atoms in total. The number of carboxylic acid groups (broad SMARTS) is 1. The van der Waals surface area contributed by atoms with Crippen LogP contribution in [0.1, 0.15) is 322 Å². The number of likely N-dealkylation sites (N-methyl/N-ethyl adjacent to an activating group) is 1. The van der Waals surface area contributed by atoms with Crippen molar-refractivity contribution in [2.75, 3.05) is 47.5 Å². The molecule has 0 N–H and O–H groups in total. The van der Waals surface area contributed by atoms with Crippen molar-refractivity contribution in [3.63, 3.8) is 0 Å². The lowest BCUT2D eigenvalue weighted by molar-refractivity contribution is -0.870. The Morgan fingerprint density at radius 3 is 0.977 bits per heavy atom. The van der Waals surface area contributed by atoms with Gasteiger partial charge >= 0.3 is 11.9 Å². The monoisotopic (exact) mass is 1220 g/mol. The van der Waals surface area contributed by atoms with Gasteiger partial charge in [-0.05, 0) is 77.0 Å². The second-order valence-corrected chi connectivity index (χ2v) is 25.5. The molecule has 0 aromatic rings. The van der Waals surface area contributed by atoms with Crippen LogP contribution in [0.5, 0.6) is 0 Å². The number of carbonyl (C=O) groups is 3. The highest BCUT2D eigenvalue weighted by Gasteiger charge is 2.22. The van der Waals surface area contributed by atoms with E-state index in [1.807, 2.05) is 21.1 Å². The molecule has 2 unspecified atom stereocenters. The highest BCUT2D eigenvalue weighted by atomic mass is 16.7. The lowest BCUT2D eigenvalue weighted by atomic mass is 10.0. The van der Waals surface area contributed by atoms with Crippen molar-refractivity contribution in [3.05, 3.63) is 97.2 Å². The first-order chi connectivity index (χ1) is 42.6. The fourth-order valence-electron chi connectivity index (χ4n) is 10.3. The Morgan fingerprint density at radius 1 is 0.356 bits per heavy atom. The Bertz CT molecular complexity index is 1750. The SMILES string of the molecule is CC/C=C\C/C=C\C/C=C\C/C=C\C/C=C\C/C=C\C/C=C\C/C=C\CCCCCCCCCCCCCCCCC(=O)OC(COC(=O)CCCCCCCCCCCCCCCCCCCCCCCCC)COC(OCC[N+](C)(C)C)C(=O)[O-]. The zero-order valence-electron chi connectivity index (χ0n) is 57.4. The van der Waals surface area contributed by atoms with Gasteiger partial charge in [0, 0.05) is 12.8 Å². The van der Waals surface area contributed by atoms with Crippen molar-refractivity contribution in [1.29, 1.82) is 0 Å². The van der Waals surface area contributed by atoms with Gasteiger partial charge in [-0.25, -0.2) is 0 Å². The fraction of sp³-hybridized carbons (Fsp3) is 0.756. The first-order valence-corrected chi connectivity index (χ1v) is 36.4. The largest absolute Gasteiger partial charge is 0.545 e. The van der Waals surface area contributed by atoms with Crippen molar-refractivity contribution < 1.29 is 42.9 Å². The molecular weight excluding hydrogens is 1080 g/mol. The maximum Gasteiger partial charge on any atom is 0.306 e. The number of esters is 2. The van der Waals surface area contributed by atoms with E-state index in [1.165, 1.54) is 199 Å². The number of ether oxygens (including phenoxy) is 4. The van der Waals surface area contributed by atoms with Gasteiger partial charge in [0.25, 0.3) is 0 Å². The van der Waals surface area contributed by atoms with Gasteiger partial charge in [0.2, 0.25) is 0 Å². The quantitative estimate of drug-likeness (QED) is 0.0195. The molecule has 0 saturated heterocycles. The third-order valence-corrected chi connectivity index (χ3v) is 15.8. The minimum Gasteiger partial charge on any atom is -0.545 e. The number of allylic oxidation sites excluding steroid dienone is 16. The van der Waals surface area contributed by atoms with Crippen LogP contribution in [0.25, 0.3) is 0 Å². The number of hydrogen-bond donors (Lipinski definition) is 0. The number of quaternary nitrogens is 1. The summed E-state index contributed by atoms with van der Waals surface area (Å²) in [6.07, 6.45) is 90.7. The molecule has 0 aliphatic heterocycles. The van der Waals surface area contributed by atoms with E-state index in [0.29, 0.717) is 23.9 Å². The third-order valence-electron chi connectivity index (χ3n) is 15.8. The smallest absolute Gasteiger partial charge is 0.306 e. The summed E-state index contributed by atoms with van der Waals surface area (Å²) in [6, 6.07) is 0. The minimum absolute atomic E-state index is 0.147. The third kappa shape index (κ3) is 69.5. The van der Waals surface area contributed by atoms with Crippen LogP contribution < -0.4 is 5.11 Å². The number of aliphatic carboxylic acids is 1. The molecule has 87 heavy (non-hydrogen) atoms. The highest BCUT2D eigenvalue weighted by Crippen LogP contribution is 2.18. The molecule has 502 valence electrons. The Morgan fingerprint density at radius 2 is 0.655 bits per heavy atom. The molecule has 0 aromatic carbocycles. The molecule has 0 aliphatic carbocycles. The summed E-state index contributed by atoms with van der Waals surface area (Å²) < 4.78 is 22.8. The lowest BCUT2D eigenvalue weighted by Crippen LogP contribution is -2.44. The van der Waals surface area contributed by atoms with Gasteiger partial charge in [-0.3, -0.25) is 9.59 Å². The Kier molecular flexibility index (Phi) is 65.2. The summed E-state index contributed by atoms with van der Waals surface area (Å²) in [5.74, 6) is -2.27. The van der Waals surface area contributed by atoms with Gasteiger partial charge in [-0.2, -0.15) is 0 Å². The van der Waals surface area contributed by atoms with Crippen molar-refractivity contribution >= 4 is 17.9 Å². The van der Waals surface area contributed by atoms with Crippen LogP contribution in [-0.2, 0) is 33.3 Å². The second-order valence-electron chi connectivity index (χ2n) is 25.5. The van der Waals surface area contributed by atoms with E-state index in [4.69, 9.17) is 18.9 Å². The first kappa shape index (κ1) is 83.2. The maximum atomic E-state index is 12.9. The summed E-state index contributed by atoms with van der Waals surface area (Å²) in [5.41, 5.74) is 0. The average molecular weight is 1220 g/mol. The van der Waals surface area contributed by atoms with Crippen LogP contribution in [0.2, 0.25) is 0 Å². The number of nitrogens with zero attached hydrogens (tertiary/aromatic N) is 1. The fourth-order valence-corrected chi connectivity index (χ4v) is 10.3. The van der Waals surface area contributed by atoms with Crippen molar-refractivity contribution in [2.45, 2.75) is 334 Å². The molecular formula is C78H137NO8. The standard InChI is InChI=1S/C78H137NO8/c1-6-8-10-12-14-16-18-20-22-24-26-28-30-31-32-33-34-35-36-37-38-39-40-41-42-43-44-45-47-49-51-53-55-57-59-61-63-65-67-69-76(81)87-74(73-86-78(77(82)83)84-71-70-79(3,4)5)72-85-75(80)68-66-64-62-60-58-56-54-52-50-48-46-29-27-25-23-21-19-17-15-13-11-9-7-2/h8,10,14,16,20,22,26,28,31-32,34-35,37-38,40-41,74,78H,6-7,9,11-13,15,17-19,21,23-25,27,29-30,33,36,39,42-73H2,1-5H3/b10-8-,16-14-,22-20-,28-26-,32-31-,35-34-,38-37-,41-40-. The van der Waals surface area contributed by atoms with Gasteiger partial charge in [0.15, 0.2) is 12.4 Å². The van der Waals surface area contributed by atoms with Gasteiger partial charge in [0.05, 0.1) is 40.3 Å². The first-order valence-electron chi connectivity index (χ1n) is 36.4. The molecule has 0 aromatic heterocycles. The molecule has 0 spiro atoms. The summed E-state index contributed by atoms with van der Waals surface area (Å²) in [5, 5.41) is 11.8. The molecule has 9 heteroatoms. The summed E-state index contributed by atoms with van der Waals surface area (Å²) in [4.78, 5) is 37.5. The van der Waals surface area contributed by atoms with Gasteiger partial charge in [0.1, 0.15) is 13.2 Å². The van der Waals surface area contributed by atoms with Crippen LogP contribution >= 0.6 is 0 Å². The van der Waals surface area contributed by atoms with Crippen LogP contribution in [0.4, 0.5) is 0 Å². The van der Waals surface area contributed by atoms with Gasteiger partial charge in [-0.1, -0.05) is 329 Å². The van der Waals surface area contributed by atoms with Gasteiger partial charge in [-0.15, -0.1) is 0 Å². The zero-order valence-corrected chi connectivity index (χ0v) is 57.4. The number of carboxylic acids is 1. The summed E-state index contributed by atoms with van der Waals surface area (Å²) >= 11 is 0. The molecule has 0 radical (unpaired) electrons. The predicted octanol–water partition coefficient (Wildman–Crippen LogP) is 21.5. The van der Waals surface area contributed by atoms with Gasteiger partial charge < -0.3 is 33.3 Å². The summed E-state index contributed by atoms with van der Waals surface area (Å²) in [6.45, 7) is 4.68. The topological polar surface area (TPSA) is 111 Å². The average Bonchev–Trinajstić information content (AvgIpc) is 3.55. The molecule has 0 bridgehead atoms. The van der Waals surface area contributed by atoms with Crippen LogP contribution in [-0.4, -0.2) is 82.3 Å².